The van der Waals surface area contributed by atoms with Crippen molar-refractivity contribution in [3.05, 3.63) is 23.9 Å². The Balaban J connectivity index is 0.000000956. The summed E-state index contributed by atoms with van der Waals surface area (Å²) in [6, 6.07) is 3.87. The third-order valence-electron chi connectivity index (χ3n) is 2.99. The Morgan fingerprint density at radius 3 is 2.15 bits per heavy atom. The molecular weight excluding hydrogens is 267 g/mol. The molecule has 0 aliphatic carbocycles. The maximum absolute atomic E-state index is 12.2. The third-order valence-corrected chi connectivity index (χ3v) is 2.99. The van der Waals surface area contributed by atoms with Gasteiger partial charge in [-0.25, -0.2) is 4.98 Å². The number of nitrogens with zero attached hydrogens (tertiary/aromatic N) is 3. The molecule has 0 unspecified atom stereocenters. The molecule has 1 aliphatic heterocycles. The van der Waals surface area contributed by atoms with E-state index in [4.69, 9.17) is 0 Å². The quantitative estimate of drug-likeness (QED) is 0.834. The fourth-order valence-corrected chi connectivity index (χ4v) is 2.04. The first-order valence-electron chi connectivity index (χ1n) is 6.91. The van der Waals surface area contributed by atoms with Crippen LogP contribution in [-0.2, 0) is 0 Å². The molecule has 6 heteroatoms. The Bertz CT molecular complexity index is 382. The van der Waals surface area contributed by atoms with Crippen LogP contribution in [0, 0.1) is 6.92 Å². The summed E-state index contributed by atoms with van der Waals surface area (Å²) in [5.74, 6) is 0.840. The lowest BCUT2D eigenvalue weighted by Gasteiger charge is -2.35. The van der Waals surface area contributed by atoms with Crippen LogP contribution < -0.4 is 4.90 Å². The normalized spacial score (nSPS) is 16.6. The van der Waals surface area contributed by atoms with Crippen molar-refractivity contribution in [1.82, 2.24) is 9.88 Å². The van der Waals surface area contributed by atoms with E-state index in [0.29, 0.717) is 26.2 Å². The topological polar surface area (TPSA) is 19.4 Å². The molecule has 0 atom stereocenters. The molecule has 0 radical (unpaired) electrons. The number of alkyl halides is 3. The average molecular weight is 289 g/mol. The Hall–Kier alpha value is -1.30. The van der Waals surface area contributed by atoms with Gasteiger partial charge in [0.15, 0.2) is 0 Å². The molecular formula is C14H22F3N3. The molecule has 1 aromatic rings. The lowest BCUT2D eigenvalue weighted by Crippen LogP contribution is -2.49. The van der Waals surface area contributed by atoms with Crippen LogP contribution in [0.2, 0.25) is 0 Å². The van der Waals surface area contributed by atoms with E-state index in [-0.39, 0.29) is 0 Å². The van der Waals surface area contributed by atoms with Gasteiger partial charge in [0.25, 0.3) is 0 Å². The maximum atomic E-state index is 12.2. The standard InChI is InChI=1S/C12H16F3N3.C2H6/c1-10-2-3-11(16-8-10)18-6-4-17(5-7-18)9-12(13,14)15;1-2/h2-3,8H,4-7,9H2,1H3;1-2H3. The van der Waals surface area contributed by atoms with Crippen LogP contribution in [0.5, 0.6) is 0 Å². The van der Waals surface area contributed by atoms with Gasteiger partial charge in [-0.15, -0.1) is 0 Å². The minimum absolute atomic E-state index is 0.426. The Labute approximate surface area is 118 Å². The molecule has 2 rings (SSSR count). The van der Waals surface area contributed by atoms with E-state index in [1.165, 1.54) is 4.90 Å². The van der Waals surface area contributed by atoms with Crippen molar-refractivity contribution in [3.8, 4) is 0 Å². The number of hydrogen-bond acceptors (Lipinski definition) is 3. The summed E-state index contributed by atoms with van der Waals surface area (Å²) >= 11 is 0. The SMILES string of the molecule is CC.Cc1ccc(N2CCN(CC(F)(F)F)CC2)nc1. The van der Waals surface area contributed by atoms with Gasteiger partial charge in [-0.1, -0.05) is 19.9 Å². The molecule has 1 fully saturated rings. The molecule has 3 nitrogen and oxygen atoms in total. The van der Waals surface area contributed by atoms with E-state index in [1.807, 2.05) is 37.8 Å². The van der Waals surface area contributed by atoms with E-state index < -0.39 is 12.7 Å². The summed E-state index contributed by atoms with van der Waals surface area (Å²) in [6.07, 6.45) is -2.33. The molecule has 20 heavy (non-hydrogen) atoms. The van der Waals surface area contributed by atoms with Gasteiger partial charge in [-0.05, 0) is 18.6 Å². The zero-order valence-electron chi connectivity index (χ0n) is 12.2. The zero-order chi connectivity index (χ0) is 15.2. The first-order chi connectivity index (χ1) is 9.44. The monoisotopic (exact) mass is 289 g/mol. The number of halogens is 3. The smallest absolute Gasteiger partial charge is 0.354 e. The highest BCUT2D eigenvalue weighted by molar-refractivity contribution is 5.39. The third kappa shape index (κ3) is 5.36. The second kappa shape index (κ2) is 7.47. The summed E-state index contributed by atoms with van der Waals surface area (Å²) in [5, 5.41) is 0. The van der Waals surface area contributed by atoms with Gasteiger partial charge in [0.1, 0.15) is 5.82 Å². The highest BCUT2D eigenvalue weighted by atomic mass is 19.4. The Morgan fingerprint density at radius 2 is 1.70 bits per heavy atom. The highest BCUT2D eigenvalue weighted by Crippen LogP contribution is 2.19. The summed E-state index contributed by atoms with van der Waals surface area (Å²) in [4.78, 5) is 7.74. The molecule has 2 heterocycles. The first kappa shape index (κ1) is 16.8. The number of piperazine rings is 1. The number of rotatable bonds is 2. The predicted octanol–water partition coefficient (Wildman–Crippen LogP) is 3.10. The van der Waals surface area contributed by atoms with Gasteiger partial charge in [0.2, 0.25) is 0 Å². The van der Waals surface area contributed by atoms with Crippen molar-refractivity contribution in [2.24, 2.45) is 0 Å². The van der Waals surface area contributed by atoms with Crippen molar-refractivity contribution in [2.75, 3.05) is 37.6 Å². The summed E-state index contributed by atoms with van der Waals surface area (Å²) in [6.45, 7) is 7.17. The van der Waals surface area contributed by atoms with Crippen molar-refractivity contribution < 1.29 is 13.2 Å². The molecule has 0 saturated carbocycles. The molecule has 0 amide bonds. The van der Waals surface area contributed by atoms with Crippen LogP contribution in [0.25, 0.3) is 0 Å². The van der Waals surface area contributed by atoms with E-state index in [2.05, 4.69) is 4.98 Å². The highest BCUT2D eigenvalue weighted by Gasteiger charge is 2.32. The van der Waals surface area contributed by atoms with E-state index in [0.717, 1.165) is 11.4 Å². The van der Waals surface area contributed by atoms with E-state index in [1.54, 1.807) is 6.20 Å². The Kier molecular flexibility index (Phi) is 6.26. The van der Waals surface area contributed by atoms with Crippen molar-refractivity contribution in [3.63, 3.8) is 0 Å². The lowest BCUT2D eigenvalue weighted by atomic mass is 10.2. The number of aromatic nitrogens is 1. The van der Waals surface area contributed by atoms with Crippen molar-refractivity contribution in [1.29, 1.82) is 0 Å². The molecule has 1 aliphatic rings. The molecule has 0 aromatic carbocycles. The van der Waals surface area contributed by atoms with Crippen LogP contribution in [0.4, 0.5) is 19.0 Å². The summed E-state index contributed by atoms with van der Waals surface area (Å²) < 4.78 is 36.7. The van der Waals surface area contributed by atoms with Gasteiger partial charge in [-0.3, -0.25) is 4.90 Å². The van der Waals surface area contributed by atoms with Gasteiger partial charge in [0.05, 0.1) is 6.54 Å². The molecule has 1 saturated heterocycles. The largest absolute Gasteiger partial charge is 0.401 e. The second-order valence-electron chi connectivity index (χ2n) is 4.57. The number of hydrogen-bond donors (Lipinski definition) is 0. The van der Waals surface area contributed by atoms with Gasteiger partial charge < -0.3 is 4.90 Å². The molecule has 0 N–H and O–H groups in total. The summed E-state index contributed by atoms with van der Waals surface area (Å²) in [5.41, 5.74) is 1.08. The minimum Gasteiger partial charge on any atom is -0.354 e. The van der Waals surface area contributed by atoms with Gasteiger partial charge >= 0.3 is 6.18 Å². The zero-order valence-corrected chi connectivity index (χ0v) is 12.2. The molecule has 0 spiro atoms. The van der Waals surface area contributed by atoms with Crippen molar-refractivity contribution in [2.45, 2.75) is 26.9 Å². The predicted molar refractivity (Wildman–Crippen MR) is 75.0 cm³/mol. The minimum atomic E-state index is -4.11. The molecule has 114 valence electrons. The van der Waals surface area contributed by atoms with Gasteiger partial charge in [0, 0.05) is 32.4 Å². The number of anilines is 1. The van der Waals surface area contributed by atoms with Crippen LogP contribution >= 0.6 is 0 Å². The van der Waals surface area contributed by atoms with Crippen LogP contribution in [-0.4, -0.2) is 48.8 Å². The van der Waals surface area contributed by atoms with Crippen LogP contribution in [0.15, 0.2) is 18.3 Å². The maximum Gasteiger partial charge on any atom is 0.401 e. The van der Waals surface area contributed by atoms with E-state index in [9.17, 15) is 13.2 Å². The fourth-order valence-electron chi connectivity index (χ4n) is 2.04. The Morgan fingerprint density at radius 1 is 1.10 bits per heavy atom. The van der Waals surface area contributed by atoms with Crippen molar-refractivity contribution >= 4 is 5.82 Å². The second-order valence-corrected chi connectivity index (χ2v) is 4.57. The van der Waals surface area contributed by atoms with Crippen LogP contribution in [0.1, 0.15) is 19.4 Å². The van der Waals surface area contributed by atoms with Crippen LogP contribution in [0.3, 0.4) is 0 Å². The number of pyridine rings is 1. The van der Waals surface area contributed by atoms with E-state index >= 15 is 0 Å². The first-order valence-corrected chi connectivity index (χ1v) is 6.91. The summed E-state index contributed by atoms with van der Waals surface area (Å²) in [7, 11) is 0. The fraction of sp³-hybridized carbons (Fsp3) is 0.643. The lowest BCUT2D eigenvalue weighted by molar-refractivity contribution is -0.146. The number of aryl methyl sites for hydroxylation is 1. The average Bonchev–Trinajstić information content (AvgIpc) is 2.41. The van der Waals surface area contributed by atoms with Gasteiger partial charge in [-0.2, -0.15) is 13.2 Å². The molecule has 0 bridgehead atoms. The molecule has 1 aromatic heterocycles.